The fourth-order valence-electron chi connectivity index (χ4n) is 3.06. The van der Waals surface area contributed by atoms with Crippen molar-refractivity contribution in [3.63, 3.8) is 0 Å². The zero-order valence-electron chi connectivity index (χ0n) is 13.8. The average molecular weight is 343 g/mol. The monoisotopic (exact) mass is 343 g/mol. The Morgan fingerprint density at radius 1 is 1.12 bits per heavy atom. The van der Waals surface area contributed by atoms with E-state index in [1.807, 2.05) is 31.2 Å². The molecule has 1 aliphatic rings. The second kappa shape index (κ2) is 6.86. The molecule has 2 aromatic heterocycles. The molecule has 3 heterocycles. The standard InChI is InChI=1S/C17H21N5OS/c1-13-18-17(24-20-13)22-11-9-21(10-12-22)8-4-7-16-19-14-5-2-3-6-15(14)23-16/h2-3,5-6H,4,7-12H2,1H3. The van der Waals surface area contributed by atoms with Crippen molar-refractivity contribution >= 4 is 27.8 Å². The molecule has 1 aromatic carbocycles. The summed E-state index contributed by atoms with van der Waals surface area (Å²) in [6, 6.07) is 7.95. The minimum atomic E-state index is 0.846. The molecule has 0 bridgehead atoms. The predicted octanol–water partition coefficient (Wildman–Crippen LogP) is 2.74. The number of rotatable bonds is 5. The van der Waals surface area contributed by atoms with Crippen LogP contribution >= 0.6 is 11.5 Å². The number of hydrogen-bond donors (Lipinski definition) is 0. The predicted molar refractivity (Wildman–Crippen MR) is 95.6 cm³/mol. The van der Waals surface area contributed by atoms with Gasteiger partial charge < -0.3 is 9.32 Å². The van der Waals surface area contributed by atoms with Crippen LogP contribution in [0.25, 0.3) is 11.1 Å². The van der Waals surface area contributed by atoms with Gasteiger partial charge in [-0.15, -0.1) is 0 Å². The van der Waals surface area contributed by atoms with Crippen LogP contribution in [0.4, 0.5) is 5.13 Å². The van der Waals surface area contributed by atoms with Gasteiger partial charge in [-0.05, 0) is 32.0 Å². The molecule has 3 aromatic rings. The lowest BCUT2D eigenvalue weighted by Crippen LogP contribution is -2.46. The van der Waals surface area contributed by atoms with Crippen LogP contribution in [0, 0.1) is 6.92 Å². The Kier molecular flexibility index (Phi) is 4.44. The van der Waals surface area contributed by atoms with Crippen molar-refractivity contribution in [3.05, 3.63) is 36.0 Å². The Labute approximate surface area is 145 Å². The smallest absolute Gasteiger partial charge is 0.205 e. The summed E-state index contributed by atoms with van der Waals surface area (Å²) < 4.78 is 10.1. The van der Waals surface area contributed by atoms with E-state index >= 15 is 0 Å². The van der Waals surface area contributed by atoms with Crippen molar-refractivity contribution in [2.45, 2.75) is 19.8 Å². The van der Waals surface area contributed by atoms with Crippen LogP contribution in [0.3, 0.4) is 0 Å². The molecular weight excluding hydrogens is 322 g/mol. The largest absolute Gasteiger partial charge is 0.441 e. The van der Waals surface area contributed by atoms with Crippen molar-refractivity contribution < 1.29 is 4.42 Å². The van der Waals surface area contributed by atoms with Gasteiger partial charge >= 0.3 is 0 Å². The van der Waals surface area contributed by atoms with Crippen molar-refractivity contribution in [1.82, 2.24) is 19.2 Å². The van der Waals surface area contributed by atoms with E-state index in [4.69, 9.17) is 4.42 Å². The van der Waals surface area contributed by atoms with Gasteiger partial charge in [0.05, 0.1) is 0 Å². The number of hydrogen-bond acceptors (Lipinski definition) is 7. The summed E-state index contributed by atoms with van der Waals surface area (Å²) in [5.74, 6) is 1.72. The lowest BCUT2D eigenvalue weighted by molar-refractivity contribution is 0.253. The van der Waals surface area contributed by atoms with Crippen LogP contribution in [-0.4, -0.2) is 52.0 Å². The van der Waals surface area contributed by atoms with Crippen LogP contribution in [0.1, 0.15) is 18.1 Å². The molecule has 126 valence electrons. The van der Waals surface area contributed by atoms with E-state index in [9.17, 15) is 0 Å². The lowest BCUT2D eigenvalue weighted by Gasteiger charge is -2.34. The summed E-state index contributed by atoms with van der Waals surface area (Å²) in [6.45, 7) is 7.23. The maximum Gasteiger partial charge on any atom is 0.205 e. The molecule has 0 aliphatic carbocycles. The van der Waals surface area contributed by atoms with Gasteiger partial charge in [0.1, 0.15) is 11.3 Å². The van der Waals surface area contributed by atoms with Crippen molar-refractivity contribution in [1.29, 1.82) is 0 Å². The number of para-hydroxylation sites is 2. The third-order valence-corrected chi connectivity index (χ3v) is 5.23. The summed E-state index contributed by atoms with van der Waals surface area (Å²) in [5.41, 5.74) is 1.84. The third kappa shape index (κ3) is 3.42. The minimum Gasteiger partial charge on any atom is -0.441 e. The molecule has 24 heavy (non-hydrogen) atoms. The molecule has 6 nitrogen and oxygen atoms in total. The molecule has 0 spiro atoms. The maximum atomic E-state index is 5.78. The molecule has 1 saturated heterocycles. The highest BCUT2D eigenvalue weighted by Gasteiger charge is 2.19. The molecule has 0 atom stereocenters. The molecule has 7 heteroatoms. The fourth-order valence-corrected chi connectivity index (χ4v) is 3.78. The van der Waals surface area contributed by atoms with Crippen LogP contribution in [-0.2, 0) is 6.42 Å². The van der Waals surface area contributed by atoms with Gasteiger partial charge in [-0.1, -0.05) is 12.1 Å². The van der Waals surface area contributed by atoms with Gasteiger partial charge in [0.15, 0.2) is 11.5 Å². The minimum absolute atomic E-state index is 0.846. The van der Waals surface area contributed by atoms with E-state index in [-0.39, 0.29) is 0 Å². The molecule has 0 unspecified atom stereocenters. The Morgan fingerprint density at radius 2 is 1.96 bits per heavy atom. The number of piperazine rings is 1. The molecule has 4 rings (SSSR count). The first-order valence-corrected chi connectivity index (χ1v) is 9.17. The zero-order valence-corrected chi connectivity index (χ0v) is 14.6. The summed E-state index contributed by atoms with van der Waals surface area (Å²) in [5, 5.41) is 1.05. The molecule has 1 aliphatic heterocycles. The first-order chi connectivity index (χ1) is 11.8. The molecule has 0 N–H and O–H groups in total. The number of aromatic nitrogens is 3. The fraction of sp³-hybridized carbons (Fsp3) is 0.471. The van der Waals surface area contributed by atoms with E-state index < -0.39 is 0 Å². The normalized spacial score (nSPS) is 16.1. The van der Waals surface area contributed by atoms with Crippen molar-refractivity contribution in [2.24, 2.45) is 0 Å². The summed E-state index contributed by atoms with van der Waals surface area (Å²) in [4.78, 5) is 13.9. The maximum absolute atomic E-state index is 5.78. The number of aryl methyl sites for hydroxylation is 2. The zero-order chi connectivity index (χ0) is 16.4. The number of fused-ring (bicyclic) bond motifs is 1. The third-order valence-electron chi connectivity index (χ3n) is 4.36. The number of oxazole rings is 1. The molecule has 0 radical (unpaired) electrons. The second-order valence-electron chi connectivity index (χ2n) is 6.13. The van der Waals surface area contributed by atoms with E-state index in [1.54, 1.807) is 0 Å². The summed E-state index contributed by atoms with van der Waals surface area (Å²) in [7, 11) is 0. The molecule has 1 fully saturated rings. The van der Waals surface area contributed by atoms with Crippen LogP contribution < -0.4 is 4.90 Å². The number of anilines is 1. The lowest BCUT2D eigenvalue weighted by atomic mass is 10.2. The van der Waals surface area contributed by atoms with Gasteiger partial charge in [-0.2, -0.15) is 4.37 Å². The molecule has 0 saturated carbocycles. The summed E-state index contributed by atoms with van der Waals surface area (Å²) in [6.07, 6.45) is 1.97. The van der Waals surface area contributed by atoms with Gasteiger partial charge in [0, 0.05) is 44.1 Å². The number of benzene rings is 1. The Balaban J connectivity index is 1.24. The Bertz CT molecular complexity index is 773. The Hall–Kier alpha value is -1.99. The van der Waals surface area contributed by atoms with E-state index in [1.165, 1.54) is 11.5 Å². The highest BCUT2D eigenvalue weighted by Crippen LogP contribution is 2.19. The Morgan fingerprint density at radius 3 is 2.71 bits per heavy atom. The van der Waals surface area contributed by atoms with E-state index in [0.717, 1.165) is 73.5 Å². The highest BCUT2D eigenvalue weighted by atomic mass is 32.1. The highest BCUT2D eigenvalue weighted by molar-refractivity contribution is 7.09. The van der Waals surface area contributed by atoms with Crippen molar-refractivity contribution in [3.8, 4) is 0 Å². The second-order valence-corrected chi connectivity index (χ2v) is 6.86. The van der Waals surface area contributed by atoms with Crippen molar-refractivity contribution in [2.75, 3.05) is 37.6 Å². The summed E-state index contributed by atoms with van der Waals surface area (Å²) >= 11 is 1.50. The van der Waals surface area contributed by atoms with Gasteiger partial charge in [0.25, 0.3) is 0 Å². The van der Waals surface area contributed by atoms with E-state index in [0.29, 0.717) is 0 Å². The average Bonchev–Trinajstić information content (AvgIpc) is 3.21. The molecular formula is C17H21N5OS. The SMILES string of the molecule is Cc1nsc(N2CCN(CCCc3nc4ccccc4o3)CC2)n1. The first-order valence-electron chi connectivity index (χ1n) is 8.40. The molecule has 0 amide bonds. The topological polar surface area (TPSA) is 58.3 Å². The first kappa shape index (κ1) is 15.5. The van der Waals surface area contributed by atoms with Crippen LogP contribution in [0.2, 0.25) is 0 Å². The quantitative estimate of drug-likeness (QED) is 0.710. The van der Waals surface area contributed by atoms with E-state index in [2.05, 4.69) is 24.1 Å². The van der Waals surface area contributed by atoms with Crippen LogP contribution in [0.15, 0.2) is 28.7 Å². The van der Waals surface area contributed by atoms with Gasteiger partial charge in [0.2, 0.25) is 5.13 Å². The van der Waals surface area contributed by atoms with Gasteiger partial charge in [-0.3, -0.25) is 4.90 Å². The van der Waals surface area contributed by atoms with Gasteiger partial charge in [-0.25, -0.2) is 9.97 Å². The number of nitrogens with zero attached hydrogens (tertiary/aromatic N) is 5. The van der Waals surface area contributed by atoms with Crippen LogP contribution in [0.5, 0.6) is 0 Å².